The van der Waals surface area contributed by atoms with Gasteiger partial charge in [-0.15, -0.1) is 0 Å². The van der Waals surface area contributed by atoms with Gasteiger partial charge in [-0.2, -0.15) is 5.10 Å². The molecule has 0 radical (unpaired) electrons. The molecule has 8 nitrogen and oxygen atoms in total. The SMILES string of the molecule is CCCn1cc(S(=O)(=O)NCCC(=O)OCC)c(N)n1. The molecule has 1 aromatic heterocycles. The van der Waals surface area contributed by atoms with Crippen molar-refractivity contribution in [2.24, 2.45) is 0 Å². The van der Waals surface area contributed by atoms with Gasteiger partial charge in [0.05, 0.1) is 13.0 Å². The summed E-state index contributed by atoms with van der Waals surface area (Å²) in [6.45, 7) is 4.44. The number of ether oxygens (including phenoxy) is 1. The summed E-state index contributed by atoms with van der Waals surface area (Å²) in [4.78, 5) is 11.0. The lowest BCUT2D eigenvalue weighted by Crippen LogP contribution is -2.27. The molecular weight excluding hydrogens is 284 g/mol. The van der Waals surface area contributed by atoms with E-state index in [0.29, 0.717) is 6.54 Å². The first-order valence-electron chi connectivity index (χ1n) is 6.39. The molecule has 3 N–H and O–H groups in total. The van der Waals surface area contributed by atoms with Gasteiger partial charge in [-0.05, 0) is 13.3 Å². The molecule has 0 bridgehead atoms. The third kappa shape index (κ3) is 4.49. The Bertz CT molecular complexity index is 553. The van der Waals surface area contributed by atoms with Crippen molar-refractivity contribution in [3.63, 3.8) is 0 Å². The molecule has 114 valence electrons. The van der Waals surface area contributed by atoms with Crippen LogP contribution in [-0.4, -0.2) is 37.3 Å². The molecule has 0 spiro atoms. The van der Waals surface area contributed by atoms with Gasteiger partial charge < -0.3 is 10.5 Å². The highest BCUT2D eigenvalue weighted by Crippen LogP contribution is 2.16. The lowest BCUT2D eigenvalue weighted by atomic mass is 10.4. The van der Waals surface area contributed by atoms with E-state index in [2.05, 4.69) is 9.82 Å². The van der Waals surface area contributed by atoms with Gasteiger partial charge in [0.15, 0.2) is 5.82 Å². The van der Waals surface area contributed by atoms with E-state index in [0.717, 1.165) is 6.42 Å². The van der Waals surface area contributed by atoms with Gasteiger partial charge in [-0.3, -0.25) is 9.48 Å². The van der Waals surface area contributed by atoms with Crippen molar-refractivity contribution in [3.8, 4) is 0 Å². The molecule has 0 aliphatic carbocycles. The maximum atomic E-state index is 12.0. The van der Waals surface area contributed by atoms with E-state index in [4.69, 9.17) is 10.5 Å². The number of carbonyl (C=O) groups is 1. The Balaban J connectivity index is 2.66. The second-order valence-electron chi connectivity index (χ2n) is 4.09. The number of aromatic nitrogens is 2. The van der Waals surface area contributed by atoms with E-state index in [-0.39, 0.29) is 30.3 Å². The van der Waals surface area contributed by atoms with Crippen LogP contribution in [0.5, 0.6) is 0 Å². The molecule has 0 saturated carbocycles. The fourth-order valence-corrected chi connectivity index (χ4v) is 2.67. The number of hydrogen-bond acceptors (Lipinski definition) is 6. The summed E-state index contributed by atoms with van der Waals surface area (Å²) in [5, 5.41) is 3.92. The highest BCUT2D eigenvalue weighted by Gasteiger charge is 2.21. The summed E-state index contributed by atoms with van der Waals surface area (Å²) >= 11 is 0. The summed E-state index contributed by atoms with van der Waals surface area (Å²) in [6.07, 6.45) is 2.17. The zero-order valence-electron chi connectivity index (χ0n) is 11.6. The summed E-state index contributed by atoms with van der Waals surface area (Å²) in [6, 6.07) is 0. The third-order valence-corrected chi connectivity index (χ3v) is 3.90. The smallest absolute Gasteiger partial charge is 0.307 e. The first-order chi connectivity index (χ1) is 9.40. The number of nitrogen functional groups attached to an aromatic ring is 1. The fourth-order valence-electron chi connectivity index (χ4n) is 1.57. The molecule has 0 aliphatic heterocycles. The van der Waals surface area contributed by atoms with Gasteiger partial charge in [0.25, 0.3) is 0 Å². The summed E-state index contributed by atoms with van der Waals surface area (Å²) in [5.74, 6) is -0.507. The van der Waals surface area contributed by atoms with Gasteiger partial charge in [0.1, 0.15) is 4.90 Å². The lowest BCUT2D eigenvalue weighted by molar-refractivity contribution is -0.142. The predicted octanol–water partition coefficient (Wildman–Crippen LogP) is 0.107. The molecule has 0 saturated heterocycles. The standard InChI is InChI=1S/C11H20N4O4S/c1-3-7-15-8-9(11(12)14-15)20(17,18)13-6-5-10(16)19-4-2/h8,13H,3-7H2,1-2H3,(H2,12,14). The van der Waals surface area contributed by atoms with Crippen LogP contribution in [0, 0.1) is 0 Å². The molecule has 0 fully saturated rings. The Hall–Kier alpha value is -1.61. The molecule has 0 unspecified atom stereocenters. The summed E-state index contributed by atoms with van der Waals surface area (Å²) < 4.78 is 32.5. The van der Waals surface area contributed by atoms with Gasteiger partial charge in [-0.1, -0.05) is 6.92 Å². The minimum atomic E-state index is -3.77. The van der Waals surface area contributed by atoms with Crippen LogP contribution in [0.4, 0.5) is 5.82 Å². The number of hydrogen-bond donors (Lipinski definition) is 2. The molecule has 1 rings (SSSR count). The Morgan fingerprint density at radius 1 is 1.50 bits per heavy atom. The van der Waals surface area contributed by atoms with Crippen LogP contribution in [0.25, 0.3) is 0 Å². The number of rotatable bonds is 8. The highest BCUT2D eigenvalue weighted by molar-refractivity contribution is 7.89. The van der Waals surface area contributed by atoms with Crippen LogP contribution < -0.4 is 10.5 Å². The normalized spacial score (nSPS) is 11.5. The molecule has 1 aromatic rings. The molecule has 0 aliphatic rings. The first kappa shape index (κ1) is 16.4. The van der Waals surface area contributed by atoms with Gasteiger partial charge in [-0.25, -0.2) is 13.1 Å². The van der Waals surface area contributed by atoms with Crippen LogP contribution in [0.3, 0.4) is 0 Å². The van der Waals surface area contributed by atoms with Gasteiger partial charge in [0.2, 0.25) is 10.0 Å². The molecule has 9 heteroatoms. The Labute approximate surface area is 118 Å². The van der Waals surface area contributed by atoms with Crippen molar-refractivity contribution >= 4 is 21.8 Å². The largest absolute Gasteiger partial charge is 0.466 e. The second-order valence-corrected chi connectivity index (χ2v) is 5.83. The van der Waals surface area contributed by atoms with Gasteiger partial charge in [0, 0.05) is 19.3 Å². The molecule has 1 heterocycles. The number of aryl methyl sites for hydroxylation is 1. The lowest BCUT2D eigenvalue weighted by Gasteiger charge is -2.05. The summed E-state index contributed by atoms with van der Waals surface area (Å²) in [7, 11) is -3.77. The number of sulfonamides is 1. The van der Waals surface area contributed by atoms with Crippen molar-refractivity contribution in [1.29, 1.82) is 0 Å². The van der Waals surface area contributed by atoms with E-state index >= 15 is 0 Å². The average molecular weight is 304 g/mol. The Morgan fingerprint density at radius 2 is 2.20 bits per heavy atom. The number of carbonyl (C=O) groups excluding carboxylic acids is 1. The fraction of sp³-hybridized carbons (Fsp3) is 0.636. The van der Waals surface area contributed by atoms with Crippen LogP contribution >= 0.6 is 0 Å². The molecule has 0 atom stereocenters. The molecule has 0 aromatic carbocycles. The monoisotopic (exact) mass is 304 g/mol. The minimum absolute atomic E-state index is 0.0317. The average Bonchev–Trinajstić information content (AvgIpc) is 2.72. The quantitative estimate of drug-likeness (QED) is 0.658. The van der Waals surface area contributed by atoms with Crippen LogP contribution in [0.1, 0.15) is 26.7 Å². The maximum absolute atomic E-state index is 12.0. The highest BCUT2D eigenvalue weighted by atomic mass is 32.2. The van der Waals surface area contributed by atoms with Crippen LogP contribution in [0.2, 0.25) is 0 Å². The van der Waals surface area contributed by atoms with Crippen molar-refractivity contribution < 1.29 is 17.9 Å². The molecule has 20 heavy (non-hydrogen) atoms. The third-order valence-electron chi connectivity index (χ3n) is 2.42. The van der Waals surface area contributed by atoms with E-state index in [1.807, 2.05) is 6.92 Å². The first-order valence-corrected chi connectivity index (χ1v) is 7.87. The Kier molecular flexibility index (Phi) is 5.96. The van der Waals surface area contributed by atoms with Crippen LogP contribution in [-0.2, 0) is 26.1 Å². The van der Waals surface area contributed by atoms with Crippen molar-refractivity contribution in [1.82, 2.24) is 14.5 Å². The predicted molar refractivity (Wildman–Crippen MR) is 73.4 cm³/mol. The number of anilines is 1. The Morgan fingerprint density at radius 3 is 2.80 bits per heavy atom. The van der Waals surface area contributed by atoms with E-state index < -0.39 is 16.0 Å². The van der Waals surface area contributed by atoms with Crippen molar-refractivity contribution in [2.45, 2.75) is 38.1 Å². The van der Waals surface area contributed by atoms with E-state index in [1.165, 1.54) is 10.9 Å². The summed E-state index contributed by atoms with van der Waals surface area (Å²) in [5.41, 5.74) is 5.59. The number of nitrogens with zero attached hydrogens (tertiary/aromatic N) is 2. The van der Waals surface area contributed by atoms with Crippen molar-refractivity contribution in [2.75, 3.05) is 18.9 Å². The molecule has 0 amide bonds. The zero-order chi connectivity index (χ0) is 15.2. The van der Waals surface area contributed by atoms with E-state index in [9.17, 15) is 13.2 Å². The zero-order valence-corrected chi connectivity index (χ0v) is 12.4. The molecular formula is C11H20N4O4S. The van der Waals surface area contributed by atoms with Gasteiger partial charge >= 0.3 is 5.97 Å². The maximum Gasteiger partial charge on any atom is 0.307 e. The van der Waals surface area contributed by atoms with E-state index in [1.54, 1.807) is 6.92 Å². The van der Waals surface area contributed by atoms with Crippen LogP contribution in [0.15, 0.2) is 11.1 Å². The number of nitrogens with one attached hydrogen (secondary N) is 1. The minimum Gasteiger partial charge on any atom is -0.466 e. The number of nitrogens with two attached hydrogens (primary N) is 1. The number of esters is 1. The topological polar surface area (TPSA) is 116 Å². The second kappa shape index (κ2) is 7.25. The van der Waals surface area contributed by atoms with Crippen molar-refractivity contribution in [3.05, 3.63) is 6.20 Å².